The molecule has 1 unspecified atom stereocenters. The largest absolute Gasteiger partial charge is 0.366 e. The van der Waals surface area contributed by atoms with E-state index < -0.39 is 5.66 Å². The third-order valence-corrected chi connectivity index (χ3v) is 5.95. The van der Waals surface area contributed by atoms with Crippen molar-refractivity contribution < 1.29 is 4.79 Å². The van der Waals surface area contributed by atoms with Gasteiger partial charge in [-0.1, -0.05) is 29.3 Å². The molecular formula is C21H28Cl2N4O. The Balaban J connectivity index is 1.83. The molecule has 0 radical (unpaired) electrons. The first-order valence-corrected chi connectivity index (χ1v) is 10.6. The molecular weight excluding hydrogens is 395 g/mol. The first-order valence-electron chi connectivity index (χ1n) is 9.81. The normalized spacial score (nSPS) is 22.5. The maximum Gasteiger partial charge on any atom is 0.217 e. The summed E-state index contributed by atoms with van der Waals surface area (Å²) >= 11 is 13.1. The standard InChI is InChI=1S/C21H28Cl2N4O/c1-15(28)25-14-17-8-12-27-21(13-17,20-18(22)3-2-4-19(20)23)26-11-7-16-5-9-24-10-6-16/h2-4,8,12-13,16,24,26-27H,5-7,9-11,14H2,1H3,(H,25,28). The highest BCUT2D eigenvalue weighted by atomic mass is 35.5. The van der Waals surface area contributed by atoms with Crippen LogP contribution in [0.25, 0.3) is 0 Å². The first-order chi connectivity index (χ1) is 13.5. The minimum Gasteiger partial charge on any atom is -0.366 e. The minimum atomic E-state index is -0.717. The third kappa shape index (κ3) is 5.29. The lowest BCUT2D eigenvalue weighted by Gasteiger charge is -2.38. The molecule has 5 nitrogen and oxygen atoms in total. The number of rotatable bonds is 7. The second kappa shape index (κ2) is 9.79. The Morgan fingerprint density at radius 2 is 1.96 bits per heavy atom. The highest BCUT2D eigenvalue weighted by molar-refractivity contribution is 6.36. The van der Waals surface area contributed by atoms with Gasteiger partial charge in [-0.25, -0.2) is 0 Å². The number of benzene rings is 1. The van der Waals surface area contributed by atoms with Crippen molar-refractivity contribution in [3.05, 3.63) is 57.7 Å². The van der Waals surface area contributed by atoms with Crippen molar-refractivity contribution in [1.82, 2.24) is 21.3 Å². The zero-order chi connectivity index (χ0) is 20.0. The summed E-state index contributed by atoms with van der Waals surface area (Å²) < 4.78 is 0. The zero-order valence-electron chi connectivity index (χ0n) is 16.2. The maximum atomic E-state index is 11.3. The smallest absolute Gasteiger partial charge is 0.217 e. The molecule has 0 bridgehead atoms. The molecule has 1 saturated heterocycles. The fraction of sp³-hybridized carbons (Fsp3) is 0.476. The summed E-state index contributed by atoms with van der Waals surface area (Å²) in [5, 5.41) is 14.5. The van der Waals surface area contributed by atoms with Gasteiger partial charge in [-0.2, -0.15) is 0 Å². The van der Waals surface area contributed by atoms with Gasteiger partial charge in [0.05, 0.1) is 0 Å². The highest BCUT2D eigenvalue weighted by Gasteiger charge is 2.34. The van der Waals surface area contributed by atoms with E-state index in [1.54, 1.807) is 0 Å². The van der Waals surface area contributed by atoms with E-state index >= 15 is 0 Å². The SMILES string of the molecule is CC(=O)NCC1=CC(NCCC2CCNCC2)(c2c(Cl)cccc2Cl)NC=C1. The summed E-state index contributed by atoms with van der Waals surface area (Å²) in [6.07, 6.45) is 9.41. The molecule has 1 amide bonds. The van der Waals surface area contributed by atoms with Gasteiger partial charge in [-0.3, -0.25) is 10.1 Å². The van der Waals surface area contributed by atoms with Crippen LogP contribution < -0.4 is 21.3 Å². The Morgan fingerprint density at radius 3 is 2.64 bits per heavy atom. The highest BCUT2D eigenvalue weighted by Crippen LogP contribution is 2.36. The maximum absolute atomic E-state index is 11.3. The monoisotopic (exact) mass is 422 g/mol. The van der Waals surface area contributed by atoms with Crippen LogP contribution in [0.2, 0.25) is 10.0 Å². The van der Waals surface area contributed by atoms with Gasteiger partial charge >= 0.3 is 0 Å². The molecule has 2 heterocycles. The number of hydrogen-bond acceptors (Lipinski definition) is 4. The van der Waals surface area contributed by atoms with E-state index in [1.165, 1.54) is 19.8 Å². The molecule has 1 fully saturated rings. The summed E-state index contributed by atoms with van der Waals surface area (Å²) in [6.45, 7) is 4.98. The summed E-state index contributed by atoms with van der Waals surface area (Å²) in [7, 11) is 0. The van der Waals surface area contributed by atoms with Crippen LogP contribution in [0.1, 0.15) is 31.7 Å². The van der Waals surface area contributed by atoms with Crippen LogP contribution >= 0.6 is 23.2 Å². The fourth-order valence-corrected chi connectivity index (χ4v) is 4.53. The number of amides is 1. The lowest BCUT2D eigenvalue weighted by molar-refractivity contribution is -0.118. The van der Waals surface area contributed by atoms with Gasteiger partial charge in [-0.15, -0.1) is 0 Å². The van der Waals surface area contributed by atoms with Crippen molar-refractivity contribution in [2.75, 3.05) is 26.2 Å². The Bertz CT molecular complexity index is 739. The van der Waals surface area contributed by atoms with Gasteiger partial charge in [0.25, 0.3) is 0 Å². The van der Waals surface area contributed by atoms with Gasteiger partial charge in [0.15, 0.2) is 0 Å². The van der Waals surface area contributed by atoms with Crippen molar-refractivity contribution in [2.24, 2.45) is 5.92 Å². The lowest BCUT2D eigenvalue weighted by Crippen LogP contribution is -2.53. The van der Waals surface area contributed by atoms with Crippen LogP contribution in [-0.2, 0) is 10.5 Å². The van der Waals surface area contributed by atoms with Gasteiger partial charge < -0.3 is 16.0 Å². The molecule has 1 aromatic carbocycles. The number of piperidine rings is 1. The van der Waals surface area contributed by atoms with Crippen LogP contribution in [0, 0.1) is 5.92 Å². The lowest BCUT2D eigenvalue weighted by atomic mass is 9.91. The molecule has 2 aliphatic heterocycles. The van der Waals surface area contributed by atoms with Crippen molar-refractivity contribution >= 4 is 29.1 Å². The van der Waals surface area contributed by atoms with E-state index in [4.69, 9.17) is 23.2 Å². The molecule has 152 valence electrons. The molecule has 0 spiro atoms. The number of nitrogens with one attached hydrogen (secondary N) is 4. The molecule has 4 N–H and O–H groups in total. The van der Waals surface area contributed by atoms with E-state index in [0.29, 0.717) is 16.6 Å². The second-order valence-corrected chi connectivity index (χ2v) is 8.23. The zero-order valence-corrected chi connectivity index (χ0v) is 17.7. The van der Waals surface area contributed by atoms with Crippen LogP contribution in [0.15, 0.2) is 42.1 Å². The topological polar surface area (TPSA) is 65.2 Å². The van der Waals surface area contributed by atoms with Crippen molar-refractivity contribution in [3.8, 4) is 0 Å². The van der Waals surface area contributed by atoms with E-state index in [2.05, 4.69) is 27.3 Å². The molecule has 1 aromatic rings. The Morgan fingerprint density at radius 1 is 1.25 bits per heavy atom. The Hall–Kier alpha value is -1.53. The third-order valence-electron chi connectivity index (χ3n) is 5.32. The average Bonchev–Trinajstić information content (AvgIpc) is 2.67. The van der Waals surface area contributed by atoms with Crippen molar-refractivity contribution in [1.29, 1.82) is 0 Å². The molecule has 0 aliphatic carbocycles. The van der Waals surface area contributed by atoms with Crippen LogP contribution in [0.3, 0.4) is 0 Å². The molecule has 28 heavy (non-hydrogen) atoms. The summed E-state index contributed by atoms with van der Waals surface area (Å²) in [4.78, 5) is 11.3. The molecule has 2 aliphatic rings. The molecule has 3 rings (SSSR count). The van der Waals surface area contributed by atoms with Gasteiger partial charge in [0.1, 0.15) is 5.66 Å². The van der Waals surface area contributed by atoms with Crippen LogP contribution in [-0.4, -0.2) is 32.1 Å². The predicted molar refractivity (Wildman–Crippen MR) is 115 cm³/mol. The van der Waals surface area contributed by atoms with E-state index in [1.807, 2.05) is 30.5 Å². The first kappa shape index (κ1) is 21.2. The predicted octanol–water partition coefficient (Wildman–Crippen LogP) is 3.30. The van der Waals surface area contributed by atoms with E-state index in [9.17, 15) is 4.79 Å². The van der Waals surface area contributed by atoms with Crippen molar-refractivity contribution in [3.63, 3.8) is 0 Å². The Labute approximate surface area is 176 Å². The number of halogens is 2. The summed E-state index contributed by atoms with van der Waals surface area (Å²) in [5.41, 5.74) is 1.07. The van der Waals surface area contributed by atoms with Crippen LogP contribution in [0.5, 0.6) is 0 Å². The molecule has 0 aromatic heterocycles. The fourth-order valence-electron chi connectivity index (χ4n) is 3.84. The second-order valence-electron chi connectivity index (χ2n) is 7.42. The number of hydrogen-bond donors (Lipinski definition) is 4. The van der Waals surface area contributed by atoms with Crippen molar-refractivity contribution in [2.45, 2.75) is 31.8 Å². The number of carbonyl (C=O) groups excluding carboxylic acids is 1. The summed E-state index contributed by atoms with van der Waals surface area (Å²) in [6, 6.07) is 5.54. The number of dihydropyridines is 1. The molecule has 0 saturated carbocycles. The average molecular weight is 423 g/mol. The minimum absolute atomic E-state index is 0.0620. The quantitative estimate of drug-likeness (QED) is 0.544. The van der Waals surface area contributed by atoms with Crippen LogP contribution in [0.4, 0.5) is 0 Å². The van der Waals surface area contributed by atoms with E-state index in [-0.39, 0.29) is 5.91 Å². The molecule has 7 heteroatoms. The van der Waals surface area contributed by atoms with Gasteiger partial charge in [0.2, 0.25) is 5.91 Å². The summed E-state index contributed by atoms with van der Waals surface area (Å²) in [5.74, 6) is 0.655. The van der Waals surface area contributed by atoms with Gasteiger partial charge in [0, 0.05) is 29.1 Å². The number of carbonyl (C=O) groups is 1. The Kier molecular flexibility index (Phi) is 7.41. The van der Waals surface area contributed by atoms with Gasteiger partial charge in [-0.05, 0) is 80.9 Å². The van der Waals surface area contributed by atoms with E-state index in [0.717, 1.165) is 43.1 Å². The molecule has 1 atom stereocenters.